The summed E-state index contributed by atoms with van der Waals surface area (Å²) in [4.78, 5) is 0. The van der Waals surface area contributed by atoms with Crippen molar-refractivity contribution in [3.63, 3.8) is 0 Å². The Bertz CT molecular complexity index is 274. The van der Waals surface area contributed by atoms with E-state index in [-0.39, 0.29) is 5.60 Å². The molecule has 2 nitrogen and oxygen atoms in total. The molecule has 0 aromatic heterocycles. The van der Waals surface area contributed by atoms with E-state index in [0.29, 0.717) is 11.8 Å². The van der Waals surface area contributed by atoms with Crippen LogP contribution < -0.4 is 0 Å². The van der Waals surface area contributed by atoms with Gasteiger partial charge < -0.3 is 9.84 Å². The van der Waals surface area contributed by atoms with Crippen LogP contribution in [0, 0.1) is 11.8 Å². The fourth-order valence-corrected chi connectivity index (χ4v) is 4.86. The quantitative estimate of drug-likeness (QED) is 0.824. The van der Waals surface area contributed by atoms with E-state index >= 15 is 0 Å². The third kappa shape index (κ3) is 2.39. The van der Waals surface area contributed by atoms with E-state index in [1.807, 2.05) is 11.8 Å². The number of hydrogen-bond acceptors (Lipinski definition) is 3. The maximum atomic E-state index is 10.7. The maximum absolute atomic E-state index is 10.7. The zero-order valence-electron chi connectivity index (χ0n) is 10.8. The Hall–Kier alpha value is 0.270. The molecule has 0 radical (unpaired) electrons. The van der Waals surface area contributed by atoms with E-state index in [2.05, 4.69) is 6.92 Å². The van der Waals surface area contributed by atoms with Gasteiger partial charge in [-0.05, 0) is 68.8 Å². The molecule has 2 heterocycles. The van der Waals surface area contributed by atoms with E-state index in [1.165, 1.54) is 37.2 Å². The van der Waals surface area contributed by atoms with Crippen LogP contribution >= 0.6 is 11.8 Å². The van der Waals surface area contributed by atoms with Crippen molar-refractivity contribution < 1.29 is 9.84 Å². The van der Waals surface area contributed by atoms with Gasteiger partial charge in [0.05, 0.1) is 11.2 Å². The lowest BCUT2D eigenvalue weighted by molar-refractivity contribution is -0.147. The molecule has 1 aliphatic carbocycles. The van der Waals surface area contributed by atoms with Crippen molar-refractivity contribution >= 4 is 11.8 Å². The van der Waals surface area contributed by atoms with Crippen LogP contribution in [0.25, 0.3) is 0 Å². The molecule has 2 atom stereocenters. The highest BCUT2D eigenvalue weighted by Gasteiger charge is 2.50. The van der Waals surface area contributed by atoms with Crippen LogP contribution in [0.2, 0.25) is 0 Å². The van der Waals surface area contributed by atoms with E-state index in [1.54, 1.807) is 0 Å². The molecular weight excluding hydrogens is 232 g/mol. The Morgan fingerprint density at radius 1 is 1.18 bits per heavy atom. The van der Waals surface area contributed by atoms with Crippen molar-refractivity contribution in [2.75, 3.05) is 18.1 Å². The maximum Gasteiger partial charge on any atom is 0.0702 e. The highest BCUT2D eigenvalue weighted by molar-refractivity contribution is 7.99. The van der Waals surface area contributed by atoms with Gasteiger partial charge in [0.2, 0.25) is 0 Å². The van der Waals surface area contributed by atoms with Crippen molar-refractivity contribution in [1.82, 2.24) is 0 Å². The van der Waals surface area contributed by atoms with Crippen molar-refractivity contribution in [3.05, 3.63) is 0 Å². The Balaban J connectivity index is 1.70. The molecule has 98 valence electrons. The van der Waals surface area contributed by atoms with Gasteiger partial charge >= 0.3 is 0 Å². The summed E-state index contributed by atoms with van der Waals surface area (Å²) >= 11 is 2.05. The van der Waals surface area contributed by atoms with Crippen LogP contribution in [0.4, 0.5) is 0 Å². The van der Waals surface area contributed by atoms with Gasteiger partial charge in [-0.2, -0.15) is 11.8 Å². The summed E-state index contributed by atoms with van der Waals surface area (Å²) in [5, 5.41) is 10.7. The fraction of sp³-hybridized carbons (Fsp3) is 1.00. The molecule has 2 unspecified atom stereocenters. The molecule has 17 heavy (non-hydrogen) atoms. The summed E-state index contributed by atoms with van der Waals surface area (Å²) in [6.07, 6.45) is 6.99. The van der Waals surface area contributed by atoms with Gasteiger partial charge in [-0.15, -0.1) is 0 Å². The van der Waals surface area contributed by atoms with Crippen molar-refractivity contribution in [2.24, 2.45) is 11.8 Å². The molecule has 1 N–H and O–H groups in total. The minimum Gasteiger partial charge on any atom is -0.390 e. The van der Waals surface area contributed by atoms with Gasteiger partial charge in [-0.1, -0.05) is 0 Å². The minimum absolute atomic E-state index is 0.118. The second-order valence-corrected chi connectivity index (χ2v) is 7.56. The van der Waals surface area contributed by atoms with Crippen molar-refractivity contribution in [2.45, 2.75) is 56.7 Å². The SMILES string of the molecule is CC(O)(C1CC1)C1CCOC2(CCSCC2)C1. The third-order valence-electron chi connectivity index (χ3n) is 5.13. The average molecular weight is 256 g/mol. The molecule has 3 rings (SSSR count). The molecule has 1 spiro atoms. The van der Waals surface area contributed by atoms with Crippen LogP contribution in [0.3, 0.4) is 0 Å². The Morgan fingerprint density at radius 2 is 1.88 bits per heavy atom. The summed E-state index contributed by atoms with van der Waals surface area (Å²) < 4.78 is 6.11. The summed E-state index contributed by atoms with van der Waals surface area (Å²) in [7, 11) is 0. The fourth-order valence-electron chi connectivity index (χ4n) is 3.62. The monoisotopic (exact) mass is 256 g/mol. The van der Waals surface area contributed by atoms with Gasteiger partial charge in [0, 0.05) is 6.61 Å². The second kappa shape index (κ2) is 4.43. The number of rotatable bonds is 2. The van der Waals surface area contributed by atoms with Gasteiger partial charge in [0.15, 0.2) is 0 Å². The zero-order valence-corrected chi connectivity index (χ0v) is 11.6. The first-order chi connectivity index (χ1) is 8.12. The first-order valence-electron chi connectivity index (χ1n) is 7.06. The molecule has 3 fully saturated rings. The molecular formula is C14H24O2S. The standard InChI is InChI=1S/C14H24O2S/c1-13(15,11-2-3-11)12-4-7-16-14(10-12)5-8-17-9-6-14/h11-12,15H,2-10H2,1H3. The summed E-state index contributed by atoms with van der Waals surface area (Å²) in [5.41, 5.74) is -0.311. The van der Waals surface area contributed by atoms with Gasteiger partial charge in [-0.25, -0.2) is 0 Å². The lowest BCUT2D eigenvalue weighted by atomic mass is 9.72. The van der Waals surface area contributed by atoms with Crippen molar-refractivity contribution in [3.8, 4) is 0 Å². The molecule has 2 saturated heterocycles. The third-order valence-corrected chi connectivity index (χ3v) is 6.11. The molecule has 0 bridgehead atoms. The first kappa shape index (κ1) is 12.3. The molecule has 0 amide bonds. The predicted molar refractivity (Wildman–Crippen MR) is 71.3 cm³/mol. The molecule has 1 saturated carbocycles. The first-order valence-corrected chi connectivity index (χ1v) is 8.22. The summed E-state index contributed by atoms with van der Waals surface area (Å²) in [5.74, 6) is 3.50. The minimum atomic E-state index is -0.429. The topological polar surface area (TPSA) is 29.5 Å². The zero-order chi connectivity index (χ0) is 11.9. The molecule has 0 aromatic rings. The molecule has 2 aliphatic heterocycles. The molecule has 3 heteroatoms. The van der Waals surface area contributed by atoms with E-state index < -0.39 is 5.60 Å². The lowest BCUT2D eigenvalue weighted by Gasteiger charge is -2.47. The Morgan fingerprint density at radius 3 is 2.53 bits per heavy atom. The normalized spacial score (nSPS) is 36.7. The Labute approximate surface area is 108 Å². The van der Waals surface area contributed by atoms with Crippen LogP contribution in [-0.4, -0.2) is 34.4 Å². The Kier molecular flexibility index (Phi) is 3.21. The second-order valence-electron chi connectivity index (χ2n) is 6.33. The van der Waals surface area contributed by atoms with Gasteiger partial charge in [0.25, 0.3) is 0 Å². The highest BCUT2D eigenvalue weighted by Crippen LogP contribution is 2.50. The number of hydrogen-bond donors (Lipinski definition) is 1. The summed E-state index contributed by atoms with van der Waals surface area (Å²) in [6.45, 7) is 2.93. The molecule has 0 aromatic carbocycles. The predicted octanol–water partition coefficient (Wildman–Crippen LogP) is 2.84. The highest BCUT2D eigenvalue weighted by atomic mass is 32.2. The van der Waals surface area contributed by atoms with Crippen molar-refractivity contribution in [1.29, 1.82) is 0 Å². The number of aliphatic hydroxyl groups is 1. The number of thioether (sulfide) groups is 1. The van der Waals surface area contributed by atoms with Gasteiger partial charge in [0.1, 0.15) is 0 Å². The van der Waals surface area contributed by atoms with E-state index in [9.17, 15) is 5.11 Å². The summed E-state index contributed by atoms with van der Waals surface area (Å²) in [6, 6.07) is 0. The smallest absolute Gasteiger partial charge is 0.0702 e. The largest absolute Gasteiger partial charge is 0.390 e. The van der Waals surface area contributed by atoms with Crippen LogP contribution in [0.5, 0.6) is 0 Å². The lowest BCUT2D eigenvalue weighted by Crippen LogP contribution is -2.49. The van der Waals surface area contributed by atoms with Crippen LogP contribution in [0.15, 0.2) is 0 Å². The van der Waals surface area contributed by atoms with E-state index in [4.69, 9.17) is 4.74 Å². The van der Waals surface area contributed by atoms with Crippen LogP contribution in [-0.2, 0) is 4.74 Å². The molecule has 3 aliphatic rings. The van der Waals surface area contributed by atoms with E-state index in [0.717, 1.165) is 19.4 Å². The average Bonchev–Trinajstić information content (AvgIpc) is 3.14. The van der Waals surface area contributed by atoms with Gasteiger partial charge in [-0.3, -0.25) is 0 Å². The van der Waals surface area contributed by atoms with Crippen LogP contribution in [0.1, 0.15) is 45.4 Å². The number of ether oxygens (including phenoxy) is 1.